The lowest BCUT2D eigenvalue weighted by molar-refractivity contribution is 0.0735. The van der Waals surface area contributed by atoms with E-state index >= 15 is 0 Å². The van der Waals surface area contributed by atoms with Crippen molar-refractivity contribution in [1.29, 1.82) is 0 Å². The summed E-state index contributed by atoms with van der Waals surface area (Å²) in [5, 5.41) is 1.93. The van der Waals surface area contributed by atoms with Crippen LogP contribution in [0.3, 0.4) is 0 Å². The number of thiophene rings is 1. The van der Waals surface area contributed by atoms with Crippen LogP contribution in [0.15, 0.2) is 29.8 Å². The number of amides is 1. The molecule has 0 bridgehead atoms. The Bertz CT molecular complexity index is 992. The van der Waals surface area contributed by atoms with Crippen molar-refractivity contribution in [3.63, 3.8) is 0 Å². The van der Waals surface area contributed by atoms with Crippen LogP contribution in [0.5, 0.6) is 5.75 Å². The molecule has 1 fully saturated rings. The molecule has 6 nitrogen and oxygen atoms in total. The van der Waals surface area contributed by atoms with Crippen molar-refractivity contribution in [3.8, 4) is 5.75 Å². The molecular weight excluding hydrogens is 396 g/mol. The van der Waals surface area contributed by atoms with Crippen LogP contribution in [0.2, 0.25) is 0 Å². The van der Waals surface area contributed by atoms with Crippen LogP contribution in [0.25, 0.3) is 11.2 Å². The van der Waals surface area contributed by atoms with Gasteiger partial charge in [-0.05, 0) is 55.7 Å². The van der Waals surface area contributed by atoms with Crippen LogP contribution >= 0.6 is 11.3 Å². The molecule has 1 saturated carbocycles. The van der Waals surface area contributed by atoms with Gasteiger partial charge >= 0.3 is 0 Å². The molecule has 7 heteroatoms. The number of hydrogen-bond donors (Lipinski definition) is 0. The quantitative estimate of drug-likeness (QED) is 0.399. The van der Waals surface area contributed by atoms with E-state index < -0.39 is 0 Å². The minimum atomic E-state index is 0.0301. The van der Waals surface area contributed by atoms with E-state index in [1.807, 2.05) is 41.6 Å². The molecule has 3 aromatic rings. The maximum Gasteiger partial charge on any atom is 0.268 e. The Morgan fingerprint density at radius 1 is 1.30 bits per heavy atom. The van der Waals surface area contributed by atoms with Gasteiger partial charge in [-0.25, -0.2) is 9.97 Å². The summed E-state index contributed by atoms with van der Waals surface area (Å²) in [5.74, 6) is 2.34. The van der Waals surface area contributed by atoms with E-state index in [1.165, 1.54) is 24.2 Å². The number of pyridine rings is 1. The summed E-state index contributed by atoms with van der Waals surface area (Å²) in [4.78, 5) is 25.5. The van der Waals surface area contributed by atoms with Gasteiger partial charge in [0.15, 0.2) is 5.65 Å². The standard InChI is InChI=1S/C23H30N4O2S/c1-3-5-6-13-26(23(28)21-19(29-4-2)11-14-30-21)16-20-25-18-8-7-12-24-22(18)27(20)15-17-9-10-17/h7-8,11-12,14,17H,3-6,9-10,13,15-16H2,1-2H3. The Kier molecular flexibility index (Phi) is 6.67. The molecule has 3 heterocycles. The highest BCUT2D eigenvalue weighted by Crippen LogP contribution is 2.33. The SMILES string of the molecule is CCCCCN(Cc1nc2cccnc2n1CC1CC1)C(=O)c1sccc1OCC. The maximum atomic E-state index is 13.5. The van der Waals surface area contributed by atoms with Crippen LogP contribution < -0.4 is 4.74 Å². The lowest BCUT2D eigenvalue weighted by Gasteiger charge is -2.23. The Balaban J connectivity index is 1.63. The van der Waals surface area contributed by atoms with Gasteiger partial charge < -0.3 is 14.2 Å². The van der Waals surface area contributed by atoms with Crippen molar-refractivity contribution in [2.45, 2.75) is 59.0 Å². The lowest BCUT2D eigenvalue weighted by atomic mass is 10.2. The predicted molar refractivity (Wildman–Crippen MR) is 120 cm³/mol. The Hall–Kier alpha value is -2.41. The second-order valence-corrected chi connectivity index (χ2v) is 8.83. The first-order chi connectivity index (χ1) is 14.7. The van der Waals surface area contributed by atoms with Crippen LogP contribution in [0.1, 0.15) is 61.4 Å². The molecular formula is C23H30N4O2S. The Morgan fingerprint density at radius 3 is 2.93 bits per heavy atom. The number of rotatable bonds is 11. The van der Waals surface area contributed by atoms with Crippen LogP contribution in [-0.2, 0) is 13.1 Å². The molecule has 30 heavy (non-hydrogen) atoms. The summed E-state index contributed by atoms with van der Waals surface area (Å²) in [5.41, 5.74) is 1.83. The summed E-state index contributed by atoms with van der Waals surface area (Å²) >= 11 is 1.45. The third-order valence-electron chi connectivity index (χ3n) is 5.49. The molecule has 1 amide bonds. The highest BCUT2D eigenvalue weighted by molar-refractivity contribution is 7.12. The summed E-state index contributed by atoms with van der Waals surface area (Å²) in [6, 6.07) is 5.81. The summed E-state index contributed by atoms with van der Waals surface area (Å²) in [6.45, 7) is 6.82. The molecule has 0 spiro atoms. The average Bonchev–Trinajstić information content (AvgIpc) is 3.35. The highest BCUT2D eigenvalue weighted by Gasteiger charge is 2.27. The number of ether oxygens (including phenoxy) is 1. The molecule has 1 aliphatic carbocycles. The van der Waals surface area contributed by atoms with Crippen LogP contribution in [0.4, 0.5) is 0 Å². The van der Waals surface area contributed by atoms with E-state index in [0.29, 0.717) is 29.7 Å². The second-order valence-electron chi connectivity index (χ2n) is 7.91. The predicted octanol–water partition coefficient (Wildman–Crippen LogP) is 5.13. The molecule has 0 N–H and O–H groups in total. The normalized spacial score (nSPS) is 13.7. The monoisotopic (exact) mass is 426 g/mol. The van der Waals surface area contributed by atoms with Gasteiger partial charge in [0.25, 0.3) is 5.91 Å². The number of hydrogen-bond acceptors (Lipinski definition) is 5. The Labute approximate surface area is 181 Å². The van der Waals surface area contributed by atoms with Gasteiger partial charge in [0.1, 0.15) is 22.0 Å². The van der Waals surface area contributed by atoms with E-state index in [4.69, 9.17) is 9.72 Å². The van der Waals surface area contributed by atoms with Crippen molar-refractivity contribution in [1.82, 2.24) is 19.4 Å². The zero-order valence-corrected chi connectivity index (χ0v) is 18.7. The van der Waals surface area contributed by atoms with Crippen molar-refractivity contribution in [3.05, 3.63) is 40.5 Å². The topological polar surface area (TPSA) is 60.2 Å². The number of nitrogens with zero attached hydrogens (tertiary/aromatic N) is 4. The van der Waals surface area contributed by atoms with Gasteiger partial charge in [-0.2, -0.15) is 0 Å². The maximum absolute atomic E-state index is 13.5. The number of carbonyl (C=O) groups is 1. The van der Waals surface area contributed by atoms with Gasteiger partial charge in [-0.3, -0.25) is 4.79 Å². The molecule has 0 atom stereocenters. The van der Waals surface area contributed by atoms with Crippen molar-refractivity contribution < 1.29 is 9.53 Å². The van der Waals surface area contributed by atoms with Crippen molar-refractivity contribution in [2.24, 2.45) is 5.92 Å². The van der Waals surface area contributed by atoms with Crippen molar-refractivity contribution >= 4 is 28.4 Å². The first-order valence-corrected chi connectivity index (χ1v) is 11.9. The number of fused-ring (bicyclic) bond motifs is 1. The van der Waals surface area contributed by atoms with E-state index in [0.717, 1.165) is 49.3 Å². The number of imidazole rings is 1. The molecule has 3 aromatic heterocycles. The third-order valence-corrected chi connectivity index (χ3v) is 6.38. The van der Waals surface area contributed by atoms with Gasteiger partial charge in [0.05, 0.1) is 13.2 Å². The lowest BCUT2D eigenvalue weighted by Crippen LogP contribution is -2.32. The molecule has 0 unspecified atom stereocenters. The molecule has 0 aliphatic heterocycles. The highest BCUT2D eigenvalue weighted by atomic mass is 32.1. The van der Waals surface area contributed by atoms with E-state index in [2.05, 4.69) is 16.5 Å². The summed E-state index contributed by atoms with van der Waals surface area (Å²) in [7, 11) is 0. The number of unbranched alkanes of at least 4 members (excludes halogenated alkanes) is 2. The van der Waals surface area contributed by atoms with Gasteiger partial charge in [0, 0.05) is 19.3 Å². The minimum Gasteiger partial charge on any atom is -0.492 e. The van der Waals surface area contributed by atoms with E-state index in [1.54, 1.807) is 0 Å². The van der Waals surface area contributed by atoms with Crippen LogP contribution in [0, 0.1) is 5.92 Å². The van der Waals surface area contributed by atoms with Gasteiger partial charge in [-0.15, -0.1) is 11.3 Å². The average molecular weight is 427 g/mol. The largest absolute Gasteiger partial charge is 0.492 e. The molecule has 160 valence electrons. The first-order valence-electron chi connectivity index (χ1n) is 11.0. The summed E-state index contributed by atoms with van der Waals surface area (Å²) in [6.07, 6.45) is 7.55. The number of carbonyl (C=O) groups excluding carboxylic acids is 1. The minimum absolute atomic E-state index is 0.0301. The van der Waals surface area contributed by atoms with E-state index in [9.17, 15) is 4.79 Å². The van der Waals surface area contributed by atoms with Crippen molar-refractivity contribution in [2.75, 3.05) is 13.2 Å². The zero-order chi connectivity index (χ0) is 20.9. The van der Waals surface area contributed by atoms with Gasteiger partial charge in [0.2, 0.25) is 0 Å². The fraction of sp³-hybridized carbons (Fsp3) is 0.522. The molecule has 1 aliphatic rings. The van der Waals surface area contributed by atoms with E-state index in [-0.39, 0.29) is 5.91 Å². The first kappa shape index (κ1) is 20.8. The fourth-order valence-corrected chi connectivity index (χ4v) is 4.52. The summed E-state index contributed by atoms with van der Waals surface area (Å²) < 4.78 is 7.92. The number of aromatic nitrogens is 3. The Morgan fingerprint density at radius 2 is 2.17 bits per heavy atom. The third kappa shape index (κ3) is 4.67. The molecule has 0 radical (unpaired) electrons. The van der Waals surface area contributed by atoms with Crippen LogP contribution in [-0.4, -0.2) is 38.5 Å². The second kappa shape index (κ2) is 9.60. The zero-order valence-electron chi connectivity index (χ0n) is 17.8. The fourth-order valence-electron chi connectivity index (χ4n) is 3.72. The molecule has 0 saturated heterocycles. The smallest absolute Gasteiger partial charge is 0.268 e. The molecule has 4 rings (SSSR count). The van der Waals surface area contributed by atoms with Gasteiger partial charge in [-0.1, -0.05) is 19.8 Å². The molecule has 0 aromatic carbocycles.